The predicted molar refractivity (Wildman–Crippen MR) is 127 cm³/mol. The Bertz CT molecular complexity index is 1010. The van der Waals surface area contributed by atoms with E-state index in [1.54, 1.807) is 46.2 Å². The molecule has 1 saturated carbocycles. The number of likely N-dealkylation sites (tertiary alicyclic amines) is 1. The summed E-state index contributed by atoms with van der Waals surface area (Å²) < 4.78 is 20.3. The first-order chi connectivity index (χ1) is 16.1. The minimum Gasteiger partial charge on any atom is -0.444 e. The molecular formula is C25H32FN5O3. The van der Waals surface area contributed by atoms with Crippen LogP contribution in [0.15, 0.2) is 23.2 Å². The van der Waals surface area contributed by atoms with Crippen molar-refractivity contribution in [3.63, 3.8) is 0 Å². The molecule has 1 heterocycles. The summed E-state index contributed by atoms with van der Waals surface area (Å²) >= 11 is 0. The molecule has 0 spiro atoms. The summed E-state index contributed by atoms with van der Waals surface area (Å²) in [7, 11) is 1.58. The summed E-state index contributed by atoms with van der Waals surface area (Å²) in [5.74, 6) is -1.34. The zero-order valence-electron chi connectivity index (χ0n) is 20.0. The molecule has 2 amide bonds. The third-order valence-electron chi connectivity index (χ3n) is 6.31. The number of fused-ring (bicyclic) bond motifs is 2. The van der Waals surface area contributed by atoms with Gasteiger partial charge in [0.25, 0.3) is 0 Å². The van der Waals surface area contributed by atoms with Gasteiger partial charge in [0.2, 0.25) is 5.91 Å². The zero-order chi connectivity index (χ0) is 25.0. The van der Waals surface area contributed by atoms with Crippen LogP contribution in [-0.2, 0) is 16.0 Å². The van der Waals surface area contributed by atoms with Crippen molar-refractivity contribution in [3.05, 3.63) is 35.1 Å². The number of hydrogen-bond donors (Lipinski definition) is 2. The van der Waals surface area contributed by atoms with Gasteiger partial charge in [-0.1, -0.05) is 12.1 Å². The molecule has 9 heteroatoms. The Labute approximate surface area is 199 Å². The molecule has 2 aliphatic rings. The SMILES string of the molecule is CN=CC(C=N)c1ccc(CC(C#N)NC(=O)C2C3CCC(C3)N2C(=O)OC(C)(C)C)c(F)c1. The van der Waals surface area contributed by atoms with Gasteiger partial charge in [0.1, 0.15) is 23.5 Å². The average Bonchev–Trinajstić information content (AvgIpc) is 3.38. The van der Waals surface area contributed by atoms with Gasteiger partial charge in [-0.25, -0.2) is 9.18 Å². The molecule has 5 atom stereocenters. The van der Waals surface area contributed by atoms with Crippen LogP contribution in [0.3, 0.4) is 0 Å². The molecule has 8 nitrogen and oxygen atoms in total. The lowest BCUT2D eigenvalue weighted by atomic mass is 9.96. The number of rotatable bonds is 7. The van der Waals surface area contributed by atoms with Crippen molar-refractivity contribution in [2.75, 3.05) is 7.05 Å². The van der Waals surface area contributed by atoms with Crippen LogP contribution in [0.2, 0.25) is 0 Å². The van der Waals surface area contributed by atoms with Gasteiger partial charge < -0.3 is 15.5 Å². The van der Waals surface area contributed by atoms with E-state index in [4.69, 9.17) is 10.1 Å². The van der Waals surface area contributed by atoms with Crippen LogP contribution in [0.1, 0.15) is 57.1 Å². The quantitative estimate of drug-likeness (QED) is 0.593. The van der Waals surface area contributed by atoms with Crippen molar-refractivity contribution >= 4 is 24.4 Å². The van der Waals surface area contributed by atoms with E-state index in [1.807, 2.05) is 6.07 Å². The number of ether oxygens (including phenoxy) is 1. The molecule has 1 saturated heterocycles. The maximum atomic E-state index is 14.8. The number of amides is 2. The van der Waals surface area contributed by atoms with Gasteiger partial charge in [-0.15, -0.1) is 0 Å². The van der Waals surface area contributed by atoms with Crippen molar-refractivity contribution in [2.24, 2.45) is 10.9 Å². The number of nitriles is 1. The highest BCUT2D eigenvalue weighted by atomic mass is 19.1. The average molecular weight is 470 g/mol. The highest BCUT2D eigenvalue weighted by molar-refractivity contribution is 5.89. The minimum atomic E-state index is -0.955. The number of hydrogen-bond acceptors (Lipinski definition) is 6. The van der Waals surface area contributed by atoms with Crippen LogP contribution in [0.4, 0.5) is 9.18 Å². The fourth-order valence-corrected chi connectivity index (χ4v) is 4.83. The van der Waals surface area contributed by atoms with E-state index in [0.717, 1.165) is 19.3 Å². The van der Waals surface area contributed by atoms with Gasteiger partial charge in [0.15, 0.2) is 0 Å². The van der Waals surface area contributed by atoms with Crippen LogP contribution < -0.4 is 5.32 Å². The van der Waals surface area contributed by atoms with Crippen molar-refractivity contribution in [1.29, 1.82) is 10.7 Å². The Hall–Kier alpha value is -3.28. The summed E-state index contributed by atoms with van der Waals surface area (Å²) in [6.07, 6.45) is 4.58. The van der Waals surface area contributed by atoms with Crippen LogP contribution >= 0.6 is 0 Å². The summed E-state index contributed by atoms with van der Waals surface area (Å²) in [6, 6.07) is 4.91. The number of carbonyl (C=O) groups is 2. The fourth-order valence-electron chi connectivity index (χ4n) is 4.83. The van der Waals surface area contributed by atoms with Crippen molar-refractivity contribution in [1.82, 2.24) is 10.2 Å². The van der Waals surface area contributed by atoms with Gasteiger partial charge in [-0.2, -0.15) is 5.26 Å². The molecule has 182 valence electrons. The van der Waals surface area contributed by atoms with Gasteiger partial charge in [-0.3, -0.25) is 14.7 Å². The van der Waals surface area contributed by atoms with Crippen molar-refractivity contribution in [3.8, 4) is 6.07 Å². The molecular weight excluding hydrogens is 437 g/mol. The first kappa shape index (κ1) is 25.3. The molecule has 34 heavy (non-hydrogen) atoms. The van der Waals surface area contributed by atoms with Crippen LogP contribution in [0.5, 0.6) is 0 Å². The largest absolute Gasteiger partial charge is 0.444 e. The van der Waals surface area contributed by atoms with Crippen molar-refractivity contribution in [2.45, 2.75) is 76.1 Å². The van der Waals surface area contributed by atoms with Crippen LogP contribution in [0.25, 0.3) is 0 Å². The smallest absolute Gasteiger partial charge is 0.411 e. The number of nitrogens with zero attached hydrogens (tertiary/aromatic N) is 3. The highest BCUT2D eigenvalue weighted by Crippen LogP contribution is 2.43. The number of aliphatic imine (C=N–C) groups is 1. The van der Waals surface area contributed by atoms with E-state index in [0.29, 0.717) is 5.56 Å². The molecule has 2 bridgehead atoms. The molecule has 0 aromatic heterocycles. The van der Waals surface area contributed by atoms with Gasteiger partial charge in [0, 0.05) is 31.9 Å². The number of halogens is 1. The Morgan fingerprint density at radius 2 is 2.15 bits per heavy atom. The molecule has 5 unspecified atom stereocenters. The lowest BCUT2D eigenvalue weighted by Gasteiger charge is -2.35. The zero-order valence-corrected chi connectivity index (χ0v) is 20.0. The highest BCUT2D eigenvalue weighted by Gasteiger charge is 2.52. The second-order valence-electron chi connectivity index (χ2n) is 9.90. The number of benzene rings is 1. The minimum absolute atomic E-state index is 0.0151. The molecule has 1 aliphatic heterocycles. The maximum Gasteiger partial charge on any atom is 0.411 e. The normalized spacial score (nSPS) is 23.4. The molecule has 2 N–H and O–H groups in total. The van der Waals surface area contributed by atoms with E-state index >= 15 is 0 Å². The van der Waals surface area contributed by atoms with E-state index < -0.39 is 41.4 Å². The molecule has 2 fully saturated rings. The summed E-state index contributed by atoms with van der Waals surface area (Å²) in [4.78, 5) is 31.4. The number of piperidine rings is 1. The first-order valence-corrected chi connectivity index (χ1v) is 11.5. The van der Waals surface area contributed by atoms with Gasteiger partial charge in [-0.05, 0) is 63.1 Å². The lowest BCUT2D eigenvalue weighted by molar-refractivity contribution is -0.128. The van der Waals surface area contributed by atoms with Gasteiger partial charge >= 0.3 is 6.09 Å². The summed E-state index contributed by atoms with van der Waals surface area (Å²) in [5, 5.41) is 19.8. The van der Waals surface area contributed by atoms with E-state index in [1.165, 1.54) is 17.2 Å². The Balaban J connectivity index is 1.71. The molecule has 1 aromatic carbocycles. The van der Waals surface area contributed by atoms with E-state index in [-0.39, 0.29) is 23.9 Å². The summed E-state index contributed by atoms with van der Waals surface area (Å²) in [6.45, 7) is 5.33. The predicted octanol–water partition coefficient (Wildman–Crippen LogP) is 3.60. The standard InChI is InChI=1S/C25H32FN5O3/c1-25(2,3)34-24(33)31-20-8-7-17(10-20)22(31)23(32)30-19(13-28)9-16-6-5-15(11-21(16)26)18(12-27)14-29-4/h5-6,11-12,14,17-20,22,27H,7-10H2,1-4H3,(H,30,32). The van der Waals surface area contributed by atoms with Crippen LogP contribution in [-0.4, -0.2) is 60.1 Å². The Morgan fingerprint density at radius 1 is 1.41 bits per heavy atom. The van der Waals surface area contributed by atoms with E-state index in [9.17, 15) is 19.2 Å². The fraction of sp³-hybridized carbons (Fsp3) is 0.560. The molecule has 1 aliphatic carbocycles. The Kier molecular flexibility index (Phi) is 7.70. The molecule has 3 rings (SSSR count). The van der Waals surface area contributed by atoms with Crippen molar-refractivity contribution < 1.29 is 18.7 Å². The maximum absolute atomic E-state index is 14.8. The topological polar surface area (TPSA) is 119 Å². The van der Waals surface area contributed by atoms with E-state index in [2.05, 4.69) is 10.3 Å². The number of carbonyl (C=O) groups excluding carboxylic acids is 2. The molecule has 1 aromatic rings. The second-order valence-corrected chi connectivity index (χ2v) is 9.90. The Morgan fingerprint density at radius 3 is 2.74 bits per heavy atom. The van der Waals surface area contributed by atoms with Crippen LogP contribution in [0, 0.1) is 28.5 Å². The molecule has 0 radical (unpaired) electrons. The third-order valence-corrected chi connectivity index (χ3v) is 6.31. The van der Waals surface area contributed by atoms with Gasteiger partial charge in [0.05, 0.1) is 12.0 Å². The monoisotopic (exact) mass is 469 g/mol. The summed E-state index contributed by atoms with van der Waals surface area (Å²) in [5.41, 5.74) is 0.178. The first-order valence-electron chi connectivity index (χ1n) is 11.5. The second kappa shape index (κ2) is 10.3. The lowest BCUT2D eigenvalue weighted by Crippen LogP contribution is -2.55. The third kappa shape index (κ3) is 5.61. The number of nitrogens with one attached hydrogen (secondary N) is 2.